The van der Waals surface area contributed by atoms with Crippen molar-refractivity contribution in [3.63, 3.8) is 0 Å². The average Bonchev–Trinajstić information content (AvgIpc) is 3.03. The van der Waals surface area contributed by atoms with Crippen LogP contribution in [0.4, 0.5) is 16.5 Å². The first-order chi connectivity index (χ1) is 11.9. The van der Waals surface area contributed by atoms with Crippen molar-refractivity contribution in [2.75, 3.05) is 24.3 Å². The van der Waals surface area contributed by atoms with Crippen molar-refractivity contribution < 1.29 is 9.72 Å². The minimum atomic E-state index is -0.521. The number of carbonyl (C=O) groups is 1. The van der Waals surface area contributed by atoms with Crippen LogP contribution in [0.1, 0.15) is 48.0 Å². The predicted octanol–water partition coefficient (Wildman–Crippen LogP) is 3.67. The molecule has 0 aliphatic heterocycles. The van der Waals surface area contributed by atoms with Gasteiger partial charge in [0.2, 0.25) is 5.13 Å². The molecule has 9 heteroatoms. The zero-order chi connectivity index (χ0) is 18.6. The highest BCUT2D eigenvalue weighted by Crippen LogP contribution is 2.29. The van der Waals surface area contributed by atoms with Gasteiger partial charge in [0.1, 0.15) is 5.01 Å². The molecule has 1 amide bonds. The van der Waals surface area contributed by atoms with E-state index in [1.54, 1.807) is 25.1 Å². The molecule has 1 aromatic carbocycles. The Bertz CT molecular complexity index is 771. The number of nitrogens with one attached hydrogen (secondary N) is 1. The van der Waals surface area contributed by atoms with Crippen LogP contribution in [-0.4, -0.2) is 35.1 Å². The molecule has 2 rings (SSSR count). The lowest BCUT2D eigenvalue weighted by Gasteiger charge is -2.16. The third-order valence-electron chi connectivity index (χ3n) is 3.91. The van der Waals surface area contributed by atoms with E-state index >= 15 is 0 Å². The molecule has 0 spiro atoms. The van der Waals surface area contributed by atoms with Crippen LogP contribution in [0, 0.1) is 10.1 Å². The largest absolute Gasteiger partial charge is 0.377 e. The highest BCUT2D eigenvalue weighted by molar-refractivity contribution is 7.15. The number of non-ortho nitro benzene ring substituents is 1. The van der Waals surface area contributed by atoms with Gasteiger partial charge in [0.15, 0.2) is 0 Å². The highest BCUT2D eigenvalue weighted by atomic mass is 32.1. The summed E-state index contributed by atoms with van der Waals surface area (Å²) >= 11 is 1.34. The number of amides is 1. The van der Waals surface area contributed by atoms with Gasteiger partial charge in [-0.15, -0.1) is 10.2 Å². The molecule has 0 bridgehead atoms. The van der Waals surface area contributed by atoms with Crippen LogP contribution in [0.25, 0.3) is 0 Å². The van der Waals surface area contributed by atoms with Crippen LogP contribution in [0.3, 0.4) is 0 Å². The van der Waals surface area contributed by atoms with Gasteiger partial charge in [-0.3, -0.25) is 20.2 Å². The van der Waals surface area contributed by atoms with Crippen molar-refractivity contribution in [2.24, 2.45) is 0 Å². The van der Waals surface area contributed by atoms with Gasteiger partial charge in [0.25, 0.3) is 11.6 Å². The van der Waals surface area contributed by atoms with Gasteiger partial charge in [-0.05, 0) is 18.9 Å². The molecular formula is C16H21N5O3S. The summed E-state index contributed by atoms with van der Waals surface area (Å²) in [5.74, 6) is -0.127. The number of carbonyl (C=O) groups excluding carboxylic acids is 1. The Morgan fingerprint density at radius 3 is 2.56 bits per heavy atom. The van der Waals surface area contributed by atoms with E-state index < -0.39 is 10.8 Å². The molecule has 134 valence electrons. The maximum atomic E-state index is 12.6. The molecule has 1 heterocycles. The maximum Gasteiger partial charge on any atom is 0.270 e. The van der Waals surface area contributed by atoms with Gasteiger partial charge < -0.3 is 4.90 Å². The van der Waals surface area contributed by atoms with E-state index in [0.717, 1.165) is 17.8 Å². The molecule has 0 aliphatic carbocycles. The van der Waals surface area contributed by atoms with E-state index in [4.69, 9.17) is 0 Å². The molecule has 25 heavy (non-hydrogen) atoms. The van der Waals surface area contributed by atoms with Crippen LogP contribution < -0.4 is 10.2 Å². The number of nitrogens with zero attached hydrogens (tertiary/aromatic N) is 4. The number of rotatable bonds is 7. The summed E-state index contributed by atoms with van der Waals surface area (Å²) in [6, 6.07) is 4.21. The van der Waals surface area contributed by atoms with E-state index in [1.165, 1.54) is 23.5 Å². The molecule has 1 aromatic heterocycles. The van der Waals surface area contributed by atoms with Crippen LogP contribution in [0.15, 0.2) is 18.2 Å². The van der Waals surface area contributed by atoms with Gasteiger partial charge >= 0.3 is 0 Å². The number of hydrogen-bond donors (Lipinski definition) is 1. The molecule has 1 N–H and O–H groups in total. The van der Waals surface area contributed by atoms with Gasteiger partial charge in [-0.1, -0.05) is 25.2 Å². The third-order valence-corrected chi connectivity index (χ3v) is 4.91. The quantitative estimate of drug-likeness (QED) is 0.595. The van der Waals surface area contributed by atoms with Crippen LogP contribution >= 0.6 is 11.3 Å². The topological polar surface area (TPSA) is 101 Å². The summed E-state index contributed by atoms with van der Waals surface area (Å²) < 4.78 is 0. The Labute approximate surface area is 150 Å². The molecule has 0 aliphatic rings. The minimum Gasteiger partial charge on any atom is -0.377 e. The molecule has 0 fully saturated rings. The Hall–Kier alpha value is -2.55. The second-order valence-electron chi connectivity index (χ2n) is 5.77. The molecule has 0 radical (unpaired) electrons. The Balaban J connectivity index is 2.28. The van der Waals surface area contributed by atoms with E-state index in [0.29, 0.717) is 16.7 Å². The summed E-state index contributed by atoms with van der Waals surface area (Å²) in [5.41, 5.74) is 0.678. The van der Waals surface area contributed by atoms with E-state index in [-0.39, 0.29) is 11.3 Å². The lowest BCUT2D eigenvalue weighted by atomic mass is 10.1. The van der Waals surface area contributed by atoms with Gasteiger partial charge in [0, 0.05) is 37.8 Å². The van der Waals surface area contributed by atoms with Gasteiger partial charge in [0.05, 0.1) is 10.5 Å². The summed E-state index contributed by atoms with van der Waals surface area (Å²) in [6.45, 7) is 4.17. The minimum absolute atomic E-state index is 0.134. The van der Waals surface area contributed by atoms with Gasteiger partial charge in [-0.25, -0.2) is 0 Å². The maximum absolute atomic E-state index is 12.6. The van der Waals surface area contributed by atoms with E-state index in [1.807, 2.05) is 0 Å². The fraction of sp³-hybridized carbons (Fsp3) is 0.438. The Kier molecular flexibility index (Phi) is 6.02. The van der Waals surface area contributed by atoms with E-state index in [2.05, 4.69) is 29.4 Å². The van der Waals surface area contributed by atoms with Crippen molar-refractivity contribution in [3.05, 3.63) is 38.9 Å². The zero-order valence-corrected chi connectivity index (χ0v) is 15.5. The third kappa shape index (κ3) is 4.30. The zero-order valence-electron chi connectivity index (χ0n) is 14.6. The van der Waals surface area contributed by atoms with Crippen molar-refractivity contribution >= 4 is 33.8 Å². The van der Waals surface area contributed by atoms with Crippen molar-refractivity contribution in [3.8, 4) is 0 Å². The normalized spacial score (nSPS) is 10.8. The Morgan fingerprint density at radius 2 is 2.00 bits per heavy atom. The number of benzene rings is 1. The van der Waals surface area contributed by atoms with Crippen molar-refractivity contribution in [1.29, 1.82) is 0 Å². The number of aromatic nitrogens is 2. The fourth-order valence-corrected chi connectivity index (χ4v) is 3.47. The lowest BCUT2D eigenvalue weighted by Crippen LogP contribution is -2.18. The number of hydrogen-bond acceptors (Lipinski definition) is 7. The van der Waals surface area contributed by atoms with Crippen molar-refractivity contribution in [1.82, 2.24) is 10.2 Å². The van der Waals surface area contributed by atoms with Crippen molar-refractivity contribution in [2.45, 2.75) is 32.6 Å². The monoisotopic (exact) mass is 363 g/mol. The summed E-state index contributed by atoms with van der Waals surface area (Å²) in [4.78, 5) is 24.8. The molecular weight excluding hydrogens is 342 g/mol. The van der Waals surface area contributed by atoms with Gasteiger partial charge in [-0.2, -0.15) is 0 Å². The standard InChI is InChI=1S/C16H21N5O3S/c1-5-10(6-2)15-18-19-16(25-15)17-14(22)12-9-11(21(23)24)7-8-13(12)20(3)4/h7-10H,5-6H2,1-4H3,(H,17,19,22). The number of anilines is 2. The first-order valence-electron chi connectivity index (χ1n) is 7.97. The fourth-order valence-electron chi connectivity index (χ4n) is 2.46. The SMILES string of the molecule is CCC(CC)c1nnc(NC(=O)c2cc([N+](=O)[O-])ccc2N(C)C)s1. The molecule has 8 nitrogen and oxygen atoms in total. The predicted molar refractivity (Wildman–Crippen MR) is 98.6 cm³/mol. The van der Waals surface area contributed by atoms with Crippen LogP contribution in [-0.2, 0) is 0 Å². The second kappa shape index (κ2) is 8.02. The molecule has 0 atom stereocenters. The van der Waals surface area contributed by atoms with Crippen LogP contribution in [0.5, 0.6) is 0 Å². The smallest absolute Gasteiger partial charge is 0.270 e. The second-order valence-corrected chi connectivity index (χ2v) is 6.78. The molecule has 2 aromatic rings. The summed E-state index contributed by atoms with van der Waals surface area (Å²) in [5, 5.41) is 23.1. The molecule has 0 saturated carbocycles. The first-order valence-corrected chi connectivity index (χ1v) is 8.79. The molecule has 0 unspecified atom stereocenters. The summed E-state index contributed by atoms with van der Waals surface area (Å²) in [6.07, 6.45) is 1.91. The lowest BCUT2D eigenvalue weighted by molar-refractivity contribution is -0.384. The summed E-state index contributed by atoms with van der Waals surface area (Å²) in [7, 11) is 3.54. The first kappa shape index (κ1) is 18.8. The number of nitro groups is 1. The molecule has 0 saturated heterocycles. The van der Waals surface area contributed by atoms with Crippen LogP contribution in [0.2, 0.25) is 0 Å². The Morgan fingerprint density at radius 1 is 1.32 bits per heavy atom. The number of nitro benzene ring substituents is 1. The highest BCUT2D eigenvalue weighted by Gasteiger charge is 2.20. The van der Waals surface area contributed by atoms with E-state index in [9.17, 15) is 14.9 Å². The average molecular weight is 363 g/mol.